The lowest BCUT2D eigenvalue weighted by atomic mass is 10.1. The van der Waals surface area contributed by atoms with Crippen LogP contribution in [0.1, 0.15) is 23.6 Å². The van der Waals surface area contributed by atoms with Gasteiger partial charge in [-0.3, -0.25) is 14.4 Å². The Morgan fingerprint density at radius 3 is 2.62 bits per heavy atom. The van der Waals surface area contributed by atoms with Crippen molar-refractivity contribution in [2.45, 2.75) is 26.6 Å². The molecule has 3 amide bonds. The summed E-state index contributed by atoms with van der Waals surface area (Å²) in [5, 5.41) is 6.10. The molecule has 0 unspecified atom stereocenters. The van der Waals surface area contributed by atoms with Crippen LogP contribution in [-0.4, -0.2) is 53.7 Å². The van der Waals surface area contributed by atoms with Crippen LogP contribution in [0, 0.1) is 0 Å². The summed E-state index contributed by atoms with van der Waals surface area (Å²) in [4.78, 5) is 38.7. The summed E-state index contributed by atoms with van der Waals surface area (Å²) in [6.45, 7) is 5.31. The number of carbonyl (C=O) groups is 3. The lowest BCUT2D eigenvalue weighted by Crippen LogP contribution is -2.56. The maximum atomic E-state index is 12.1. The number of carbonyl (C=O) groups excluding carboxylic acids is 3. The van der Waals surface area contributed by atoms with Gasteiger partial charge in [-0.25, -0.2) is 0 Å². The monoisotopic (exact) mass is 330 g/mol. The molecule has 2 heterocycles. The minimum Gasteiger partial charge on any atom is -0.350 e. The van der Waals surface area contributed by atoms with Gasteiger partial charge in [-0.05, 0) is 23.6 Å². The molecule has 1 aromatic rings. The Bertz CT molecular complexity index is 674. The third kappa shape index (κ3) is 3.41. The second-order valence-corrected chi connectivity index (χ2v) is 6.09. The number of amides is 3. The fourth-order valence-electron chi connectivity index (χ4n) is 3.06. The minimum atomic E-state index is -0.596. The van der Waals surface area contributed by atoms with Crippen LogP contribution in [0.15, 0.2) is 18.2 Å². The van der Waals surface area contributed by atoms with E-state index in [2.05, 4.69) is 22.8 Å². The van der Waals surface area contributed by atoms with Gasteiger partial charge >= 0.3 is 11.8 Å². The average Bonchev–Trinajstić information content (AvgIpc) is 3.05. The molecule has 0 spiro atoms. The van der Waals surface area contributed by atoms with Crippen LogP contribution >= 0.6 is 0 Å². The SMILES string of the molecule is CCN1CCN(CC(=O)NCc2ccc3c(c2)CNC3)C(=O)C1=O. The number of hydrogen-bond donors (Lipinski definition) is 2. The molecule has 0 bridgehead atoms. The highest BCUT2D eigenvalue weighted by Gasteiger charge is 2.32. The molecular weight excluding hydrogens is 308 g/mol. The maximum Gasteiger partial charge on any atom is 0.312 e. The summed E-state index contributed by atoms with van der Waals surface area (Å²) in [7, 11) is 0. The number of hydrogen-bond acceptors (Lipinski definition) is 4. The van der Waals surface area contributed by atoms with Crippen molar-refractivity contribution >= 4 is 17.7 Å². The van der Waals surface area contributed by atoms with Gasteiger partial charge in [-0.2, -0.15) is 0 Å². The number of fused-ring (bicyclic) bond motifs is 1. The van der Waals surface area contributed by atoms with Crippen LogP contribution in [0.4, 0.5) is 0 Å². The van der Waals surface area contributed by atoms with Crippen LogP contribution in [0.5, 0.6) is 0 Å². The third-order valence-electron chi connectivity index (χ3n) is 4.50. The summed E-state index contributed by atoms with van der Waals surface area (Å²) in [6, 6.07) is 6.16. The fourth-order valence-corrected chi connectivity index (χ4v) is 3.06. The van der Waals surface area contributed by atoms with Crippen LogP contribution in [-0.2, 0) is 34.0 Å². The van der Waals surface area contributed by atoms with E-state index < -0.39 is 11.8 Å². The molecule has 3 rings (SSSR count). The minimum absolute atomic E-state index is 0.0748. The Morgan fingerprint density at radius 2 is 1.83 bits per heavy atom. The van der Waals surface area contributed by atoms with Gasteiger partial charge in [0.1, 0.15) is 6.54 Å². The van der Waals surface area contributed by atoms with Crippen molar-refractivity contribution in [3.63, 3.8) is 0 Å². The summed E-state index contributed by atoms with van der Waals surface area (Å²) in [5.41, 5.74) is 3.59. The Labute approximate surface area is 141 Å². The van der Waals surface area contributed by atoms with E-state index in [9.17, 15) is 14.4 Å². The Hall–Kier alpha value is -2.41. The van der Waals surface area contributed by atoms with E-state index in [4.69, 9.17) is 0 Å². The van der Waals surface area contributed by atoms with E-state index in [1.54, 1.807) is 0 Å². The normalized spacial score (nSPS) is 17.2. The van der Waals surface area contributed by atoms with Gasteiger partial charge in [-0.1, -0.05) is 18.2 Å². The van der Waals surface area contributed by atoms with Crippen LogP contribution in [0.2, 0.25) is 0 Å². The van der Waals surface area contributed by atoms with E-state index in [1.807, 2.05) is 13.0 Å². The predicted octanol–water partition coefficient (Wildman–Crippen LogP) is -0.403. The number of nitrogens with one attached hydrogen (secondary N) is 2. The zero-order chi connectivity index (χ0) is 17.1. The van der Waals surface area contributed by atoms with Crippen LogP contribution in [0.25, 0.3) is 0 Å². The Morgan fingerprint density at radius 1 is 1.12 bits per heavy atom. The fraction of sp³-hybridized carbons (Fsp3) is 0.471. The summed E-state index contributed by atoms with van der Waals surface area (Å²) in [5.74, 6) is -1.37. The van der Waals surface area contributed by atoms with Gasteiger partial charge in [0.2, 0.25) is 5.91 Å². The molecule has 7 nitrogen and oxygen atoms in total. The first kappa shape index (κ1) is 16.4. The lowest BCUT2D eigenvalue weighted by Gasteiger charge is -2.32. The highest BCUT2D eigenvalue weighted by Crippen LogP contribution is 2.16. The molecule has 0 saturated carbocycles. The molecule has 1 fully saturated rings. The number of benzene rings is 1. The molecule has 0 aliphatic carbocycles. The first-order valence-corrected chi connectivity index (χ1v) is 8.24. The van der Waals surface area contributed by atoms with Crippen molar-refractivity contribution in [2.75, 3.05) is 26.2 Å². The zero-order valence-electron chi connectivity index (χ0n) is 13.8. The van der Waals surface area contributed by atoms with Gasteiger partial charge in [0.05, 0.1) is 0 Å². The molecular formula is C17H22N4O3. The predicted molar refractivity (Wildman–Crippen MR) is 87.7 cm³/mol. The van der Waals surface area contributed by atoms with Crippen molar-refractivity contribution in [2.24, 2.45) is 0 Å². The van der Waals surface area contributed by atoms with Gasteiger partial charge < -0.3 is 20.4 Å². The van der Waals surface area contributed by atoms with E-state index in [0.717, 1.165) is 18.7 Å². The molecule has 128 valence electrons. The molecule has 2 aliphatic heterocycles. The summed E-state index contributed by atoms with van der Waals surface area (Å²) in [6.07, 6.45) is 0. The van der Waals surface area contributed by atoms with Crippen molar-refractivity contribution in [1.82, 2.24) is 20.4 Å². The number of nitrogens with zero attached hydrogens (tertiary/aromatic N) is 2. The highest BCUT2D eigenvalue weighted by atomic mass is 16.2. The molecule has 2 N–H and O–H groups in total. The van der Waals surface area contributed by atoms with E-state index in [-0.39, 0.29) is 12.5 Å². The largest absolute Gasteiger partial charge is 0.350 e. The third-order valence-corrected chi connectivity index (χ3v) is 4.50. The summed E-state index contributed by atoms with van der Waals surface area (Å²) >= 11 is 0. The van der Waals surface area contributed by atoms with Crippen molar-refractivity contribution in [1.29, 1.82) is 0 Å². The van der Waals surface area contributed by atoms with E-state index >= 15 is 0 Å². The van der Waals surface area contributed by atoms with Crippen LogP contribution in [0.3, 0.4) is 0 Å². The van der Waals surface area contributed by atoms with Gasteiger partial charge in [-0.15, -0.1) is 0 Å². The van der Waals surface area contributed by atoms with Crippen LogP contribution < -0.4 is 10.6 Å². The zero-order valence-corrected chi connectivity index (χ0v) is 13.8. The molecule has 1 aromatic carbocycles. The molecule has 0 aromatic heterocycles. The van der Waals surface area contributed by atoms with E-state index in [0.29, 0.717) is 26.2 Å². The van der Waals surface area contributed by atoms with Gasteiger partial charge in [0.25, 0.3) is 0 Å². The Kier molecular flexibility index (Phi) is 4.80. The number of likely N-dealkylation sites (N-methyl/N-ethyl adjacent to an activating group) is 1. The topological polar surface area (TPSA) is 81.8 Å². The maximum absolute atomic E-state index is 12.1. The first-order valence-electron chi connectivity index (χ1n) is 8.24. The molecule has 1 saturated heterocycles. The molecule has 7 heteroatoms. The highest BCUT2D eigenvalue weighted by molar-refractivity contribution is 6.35. The molecule has 24 heavy (non-hydrogen) atoms. The second kappa shape index (κ2) is 7.00. The Balaban J connectivity index is 1.51. The van der Waals surface area contributed by atoms with Gasteiger partial charge in [0, 0.05) is 39.3 Å². The number of rotatable bonds is 5. The number of piperazine rings is 1. The second-order valence-electron chi connectivity index (χ2n) is 6.09. The van der Waals surface area contributed by atoms with E-state index in [1.165, 1.54) is 20.9 Å². The summed E-state index contributed by atoms with van der Waals surface area (Å²) < 4.78 is 0. The quantitative estimate of drug-likeness (QED) is 0.720. The average molecular weight is 330 g/mol. The first-order chi connectivity index (χ1) is 11.6. The smallest absolute Gasteiger partial charge is 0.312 e. The molecule has 2 aliphatic rings. The molecule has 0 atom stereocenters. The standard InChI is InChI=1S/C17H22N4O3/c1-2-20-5-6-21(17(24)16(20)23)11-15(22)19-8-12-3-4-13-9-18-10-14(13)7-12/h3-4,7,18H,2,5-6,8-11H2,1H3,(H,19,22). The van der Waals surface area contributed by atoms with Crippen molar-refractivity contribution in [3.05, 3.63) is 34.9 Å². The van der Waals surface area contributed by atoms with Crippen molar-refractivity contribution < 1.29 is 14.4 Å². The van der Waals surface area contributed by atoms with Gasteiger partial charge in [0.15, 0.2) is 0 Å². The molecule has 0 radical (unpaired) electrons. The van der Waals surface area contributed by atoms with Crippen molar-refractivity contribution in [3.8, 4) is 0 Å². The lowest BCUT2D eigenvalue weighted by molar-refractivity contribution is -0.156.